The molecule has 0 spiro atoms. The first-order valence-electron chi connectivity index (χ1n) is 11.4. The summed E-state index contributed by atoms with van der Waals surface area (Å²) in [4.78, 5) is 28.9. The Labute approximate surface area is 194 Å². The van der Waals surface area contributed by atoms with Gasteiger partial charge in [0.15, 0.2) is 5.82 Å². The summed E-state index contributed by atoms with van der Waals surface area (Å²) in [5, 5.41) is 0. The lowest BCUT2D eigenvalue weighted by molar-refractivity contribution is 0.0711. The number of carbonyl (C=O) groups is 1. The Morgan fingerprint density at radius 3 is 2.30 bits per heavy atom. The van der Waals surface area contributed by atoms with Crippen LogP contribution < -0.4 is 0 Å². The Morgan fingerprint density at radius 2 is 1.58 bits per heavy atom. The zero-order valence-electron chi connectivity index (χ0n) is 18.7. The molecule has 0 N–H and O–H groups in total. The van der Waals surface area contributed by atoms with Crippen LogP contribution in [0, 0.1) is 6.92 Å². The third kappa shape index (κ3) is 4.40. The molecular formula is C28H26N4O. The Hall–Kier alpha value is -3.86. The standard InChI is InChI=1S/C28H26N4O/c1-20-7-5-6-10-24(20)28(33)32-17-13-22(14-18-32)26-25(21-11-15-29-16-12-21)19-30-27(31-26)23-8-3-2-4-9-23/h2-12,15-16,19,22H,13-14,17-18H2,1H3. The van der Waals surface area contributed by atoms with Crippen LogP contribution in [-0.4, -0.2) is 38.8 Å². The number of piperidine rings is 1. The van der Waals surface area contributed by atoms with Crippen molar-refractivity contribution in [1.29, 1.82) is 0 Å². The first kappa shape index (κ1) is 21.0. The fraction of sp³-hybridized carbons (Fsp3) is 0.214. The first-order valence-corrected chi connectivity index (χ1v) is 11.4. The third-order valence-electron chi connectivity index (χ3n) is 6.39. The highest BCUT2D eigenvalue weighted by molar-refractivity contribution is 5.95. The van der Waals surface area contributed by atoms with E-state index in [2.05, 4.69) is 9.97 Å². The highest BCUT2D eigenvalue weighted by Crippen LogP contribution is 2.35. The first-order chi connectivity index (χ1) is 16.2. The molecule has 5 heteroatoms. The molecule has 1 saturated heterocycles. The van der Waals surface area contributed by atoms with Crippen molar-refractivity contribution in [2.24, 2.45) is 0 Å². The van der Waals surface area contributed by atoms with Gasteiger partial charge in [-0.25, -0.2) is 9.97 Å². The molecule has 2 aromatic heterocycles. The molecule has 1 amide bonds. The van der Waals surface area contributed by atoms with Crippen molar-refractivity contribution in [3.63, 3.8) is 0 Å². The molecule has 4 aromatic rings. The van der Waals surface area contributed by atoms with Crippen LogP contribution in [0.3, 0.4) is 0 Å². The summed E-state index contributed by atoms with van der Waals surface area (Å²) in [6.07, 6.45) is 7.29. The second kappa shape index (κ2) is 9.33. The number of hydrogen-bond donors (Lipinski definition) is 0. The number of likely N-dealkylation sites (tertiary alicyclic amines) is 1. The van der Waals surface area contributed by atoms with E-state index in [1.807, 2.05) is 84.8 Å². The number of nitrogens with zero attached hydrogens (tertiary/aromatic N) is 4. The van der Waals surface area contributed by atoms with E-state index in [9.17, 15) is 4.79 Å². The van der Waals surface area contributed by atoms with Gasteiger partial charge in [0.25, 0.3) is 5.91 Å². The van der Waals surface area contributed by atoms with Crippen LogP contribution in [0.1, 0.15) is 40.4 Å². The summed E-state index contributed by atoms with van der Waals surface area (Å²) < 4.78 is 0. The molecule has 0 aliphatic carbocycles. The summed E-state index contributed by atoms with van der Waals surface area (Å²) in [5.74, 6) is 1.12. The number of rotatable bonds is 4. The predicted molar refractivity (Wildman–Crippen MR) is 130 cm³/mol. The van der Waals surface area contributed by atoms with Gasteiger partial charge in [-0.05, 0) is 49.1 Å². The molecule has 1 aliphatic heterocycles. The number of aromatic nitrogens is 3. The van der Waals surface area contributed by atoms with Crippen LogP contribution in [-0.2, 0) is 0 Å². The maximum atomic E-state index is 13.1. The molecular weight excluding hydrogens is 408 g/mol. The van der Waals surface area contributed by atoms with Crippen LogP contribution >= 0.6 is 0 Å². The topological polar surface area (TPSA) is 59.0 Å². The fourth-order valence-electron chi connectivity index (χ4n) is 4.53. The summed E-state index contributed by atoms with van der Waals surface area (Å²) >= 11 is 0. The van der Waals surface area contributed by atoms with E-state index >= 15 is 0 Å². The van der Waals surface area contributed by atoms with Crippen LogP contribution in [0.25, 0.3) is 22.5 Å². The number of aryl methyl sites for hydroxylation is 1. The van der Waals surface area contributed by atoms with Gasteiger partial charge in [-0.1, -0.05) is 48.5 Å². The molecule has 33 heavy (non-hydrogen) atoms. The molecule has 0 bridgehead atoms. The van der Waals surface area contributed by atoms with Gasteiger partial charge in [0.2, 0.25) is 0 Å². The van der Waals surface area contributed by atoms with Gasteiger partial charge < -0.3 is 4.90 Å². The molecule has 0 unspecified atom stereocenters. The largest absolute Gasteiger partial charge is 0.339 e. The Morgan fingerprint density at radius 1 is 0.879 bits per heavy atom. The minimum atomic E-state index is 0.119. The molecule has 5 nitrogen and oxygen atoms in total. The van der Waals surface area contributed by atoms with E-state index in [0.29, 0.717) is 0 Å². The minimum Gasteiger partial charge on any atom is -0.339 e. The van der Waals surface area contributed by atoms with E-state index in [0.717, 1.165) is 65.3 Å². The quantitative estimate of drug-likeness (QED) is 0.423. The zero-order chi connectivity index (χ0) is 22.6. The van der Waals surface area contributed by atoms with Crippen LogP contribution in [0.5, 0.6) is 0 Å². The van der Waals surface area contributed by atoms with Crippen molar-refractivity contribution in [3.05, 3.63) is 102 Å². The van der Waals surface area contributed by atoms with Crippen molar-refractivity contribution in [2.45, 2.75) is 25.7 Å². The normalized spacial score (nSPS) is 14.3. The van der Waals surface area contributed by atoms with E-state index in [1.165, 1.54) is 0 Å². The summed E-state index contributed by atoms with van der Waals surface area (Å²) in [7, 11) is 0. The molecule has 0 saturated carbocycles. The molecule has 0 atom stereocenters. The van der Waals surface area contributed by atoms with Gasteiger partial charge in [0, 0.05) is 54.3 Å². The van der Waals surface area contributed by atoms with Crippen molar-refractivity contribution in [1.82, 2.24) is 19.9 Å². The second-order valence-corrected chi connectivity index (χ2v) is 8.48. The number of benzene rings is 2. The number of hydrogen-bond acceptors (Lipinski definition) is 4. The smallest absolute Gasteiger partial charge is 0.254 e. The minimum absolute atomic E-state index is 0.119. The second-order valence-electron chi connectivity index (χ2n) is 8.48. The zero-order valence-corrected chi connectivity index (χ0v) is 18.7. The molecule has 3 heterocycles. The maximum Gasteiger partial charge on any atom is 0.254 e. The molecule has 164 valence electrons. The van der Waals surface area contributed by atoms with Gasteiger partial charge in [-0.15, -0.1) is 0 Å². The van der Waals surface area contributed by atoms with Gasteiger partial charge in [-0.3, -0.25) is 9.78 Å². The van der Waals surface area contributed by atoms with E-state index in [1.54, 1.807) is 12.4 Å². The molecule has 2 aromatic carbocycles. The Balaban J connectivity index is 1.43. The van der Waals surface area contributed by atoms with E-state index in [-0.39, 0.29) is 11.8 Å². The molecule has 5 rings (SSSR count). The van der Waals surface area contributed by atoms with Crippen LogP contribution in [0.4, 0.5) is 0 Å². The average molecular weight is 435 g/mol. The van der Waals surface area contributed by atoms with Crippen molar-refractivity contribution in [2.75, 3.05) is 13.1 Å². The number of pyridine rings is 1. The number of amides is 1. The molecule has 1 fully saturated rings. The van der Waals surface area contributed by atoms with Gasteiger partial charge in [0.05, 0.1) is 5.69 Å². The Kier molecular flexibility index (Phi) is 5.94. The highest BCUT2D eigenvalue weighted by Gasteiger charge is 2.28. The maximum absolute atomic E-state index is 13.1. The number of carbonyl (C=O) groups excluding carboxylic acids is 1. The van der Waals surface area contributed by atoms with Crippen molar-refractivity contribution in [3.8, 4) is 22.5 Å². The van der Waals surface area contributed by atoms with Crippen LogP contribution in [0.2, 0.25) is 0 Å². The van der Waals surface area contributed by atoms with Gasteiger partial charge >= 0.3 is 0 Å². The van der Waals surface area contributed by atoms with E-state index < -0.39 is 0 Å². The summed E-state index contributed by atoms with van der Waals surface area (Å²) in [6.45, 7) is 3.43. The lowest BCUT2D eigenvalue weighted by atomic mass is 9.88. The van der Waals surface area contributed by atoms with Gasteiger partial charge in [0.1, 0.15) is 0 Å². The van der Waals surface area contributed by atoms with Crippen molar-refractivity contribution >= 4 is 5.91 Å². The summed E-state index contributed by atoms with van der Waals surface area (Å²) in [5.41, 5.74) is 5.98. The fourth-order valence-corrected chi connectivity index (χ4v) is 4.53. The molecule has 1 aliphatic rings. The van der Waals surface area contributed by atoms with Crippen molar-refractivity contribution < 1.29 is 4.79 Å². The Bertz CT molecular complexity index is 1250. The summed E-state index contributed by atoms with van der Waals surface area (Å²) in [6, 6.07) is 21.9. The van der Waals surface area contributed by atoms with E-state index in [4.69, 9.17) is 4.98 Å². The predicted octanol–water partition coefficient (Wildman–Crippen LogP) is 5.53. The monoisotopic (exact) mass is 434 g/mol. The van der Waals surface area contributed by atoms with Crippen LogP contribution in [0.15, 0.2) is 85.3 Å². The highest BCUT2D eigenvalue weighted by atomic mass is 16.2. The SMILES string of the molecule is Cc1ccccc1C(=O)N1CCC(c2nc(-c3ccccc3)ncc2-c2ccncc2)CC1. The van der Waals surface area contributed by atoms with Gasteiger partial charge in [-0.2, -0.15) is 0 Å². The average Bonchev–Trinajstić information content (AvgIpc) is 2.89. The third-order valence-corrected chi connectivity index (χ3v) is 6.39. The molecule has 0 radical (unpaired) electrons. The lowest BCUT2D eigenvalue weighted by Gasteiger charge is -2.33. The lowest BCUT2D eigenvalue weighted by Crippen LogP contribution is -2.38.